The lowest BCUT2D eigenvalue weighted by Gasteiger charge is -2.41. The molecule has 0 aromatic carbocycles. The molecule has 1 N–H and O–H groups in total. The molecule has 2 saturated heterocycles. The summed E-state index contributed by atoms with van der Waals surface area (Å²) in [7, 11) is 0. The monoisotopic (exact) mass is 297 g/mol. The van der Waals surface area contributed by atoms with E-state index in [0.29, 0.717) is 32.0 Å². The molecule has 2 aliphatic rings. The zero-order valence-corrected chi connectivity index (χ0v) is 13.1. The van der Waals surface area contributed by atoms with Crippen molar-refractivity contribution in [3.05, 3.63) is 0 Å². The molecule has 21 heavy (non-hydrogen) atoms. The van der Waals surface area contributed by atoms with E-state index in [1.165, 1.54) is 0 Å². The summed E-state index contributed by atoms with van der Waals surface area (Å²) >= 11 is 0. The molecule has 0 bridgehead atoms. The van der Waals surface area contributed by atoms with Crippen molar-refractivity contribution in [2.24, 2.45) is 5.92 Å². The maximum atomic E-state index is 12.6. The summed E-state index contributed by atoms with van der Waals surface area (Å²) in [5, 5.41) is 9.37. The average molecular weight is 297 g/mol. The second kappa shape index (κ2) is 7.11. The van der Waals surface area contributed by atoms with Gasteiger partial charge < -0.3 is 14.9 Å². The normalized spacial score (nSPS) is 27.7. The smallest absolute Gasteiger partial charge is 0.326 e. The third-order valence-corrected chi connectivity index (χ3v) is 4.58. The number of urea groups is 1. The molecule has 120 valence electrons. The standard InChI is InChI=1S/C15H27N3O3/c1-3-5-16-7-9-17(10-8-16)15(21)18-6-4-12(2)11-13(18)14(19)20/h12-13H,3-11H2,1-2H3,(H,19,20). The minimum absolute atomic E-state index is 0.0922. The maximum absolute atomic E-state index is 12.6. The molecule has 0 saturated carbocycles. The van der Waals surface area contributed by atoms with Gasteiger partial charge in [-0.2, -0.15) is 0 Å². The van der Waals surface area contributed by atoms with Crippen LogP contribution in [0.15, 0.2) is 0 Å². The van der Waals surface area contributed by atoms with Crippen molar-refractivity contribution in [2.45, 2.75) is 39.2 Å². The summed E-state index contributed by atoms with van der Waals surface area (Å²) in [6.45, 7) is 9.04. The van der Waals surface area contributed by atoms with Crippen molar-refractivity contribution >= 4 is 12.0 Å². The molecule has 0 spiro atoms. The van der Waals surface area contributed by atoms with Gasteiger partial charge >= 0.3 is 12.0 Å². The maximum Gasteiger partial charge on any atom is 0.326 e. The first-order valence-corrected chi connectivity index (χ1v) is 8.03. The quantitative estimate of drug-likeness (QED) is 0.853. The second-order valence-corrected chi connectivity index (χ2v) is 6.29. The van der Waals surface area contributed by atoms with Gasteiger partial charge in [0, 0.05) is 32.7 Å². The highest BCUT2D eigenvalue weighted by atomic mass is 16.4. The largest absolute Gasteiger partial charge is 0.480 e. The molecule has 2 amide bonds. The molecule has 6 nitrogen and oxygen atoms in total. The van der Waals surface area contributed by atoms with Gasteiger partial charge in [0.1, 0.15) is 6.04 Å². The Balaban J connectivity index is 1.94. The Morgan fingerprint density at radius 3 is 2.38 bits per heavy atom. The van der Waals surface area contributed by atoms with Gasteiger partial charge in [-0.15, -0.1) is 0 Å². The Morgan fingerprint density at radius 2 is 1.81 bits per heavy atom. The number of hydrogen-bond donors (Lipinski definition) is 1. The van der Waals surface area contributed by atoms with Gasteiger partial charge in [0.05, 0.1) is 0 Å². The Labute approximate surface area is 126 Å². The molecule has 2 fully saturated rings. The zero-order chi connectivity index (χ0) is 15.4. The van der Waals surface area contributed by atoms with Crippen molar-refractivity contribution in [2.75, 3.05) is 39.3 Å². The van der Waals surface area contributed by atoms with Gasteiger partial charge in [-0.25, -0.2) is 9.59 Å². The molecular weight excluding hydrogens is 270 g/mol. The number of piperazine rings is 1. The fourth-order valence-electron chi connectivity index (χ4n) is 3.27. The van der Waals surface area contributed by atoms with E-state index in [9.17, 15) is 14.7 Å². The topological polar surface area (TPSA) is 64.1 Å². The van der Waals surface area contributed by atoms with E-state index in [4.69, 9.17) is 0 Å². The van der Waals surface area contributed by atoms with Crippen LogP contribution in [0.25, 0.3) is 0 Å². The van der Waals surface area contributed by atoms with Crippen molar-refractivity contribution in [3.8, 4) is 0 Å². The van der Waals surface area contributed by atoms with Crippen LogP contribution in [0.3, 0.4) is 0 Å². The third-order valence-electron chi connectivity index (χ3n) is 4.58. The van der Waals surface area contributed by atoms with Gasteiger partial charge in [-0.3, -0.25) is 4.90 Å². The Kier molecular flexibility index (Phi) is 5.45. The fourth-order valence-corrected chi connectivity index (χ4v) is 3.27. The molecular formula is C15H27N3O3. The predicted molar refractivity (Wildman–Crippen MR) is 80.2 cm³/mol. The van der Waals surface area contributed by atoms with E-state index in [1.807, 2.05) is 4.90 Å². The highest BCUT2D eigenvalue weighted by molar-refractivity contribution is 5.83. The molecule has 0 radical (unpaired) electrons. The van der Waals surface area contributed by atoms with E-state index in [2.05, 4.69) is 18.7 Å². The number of carbonyl (C=O) groups is 2. The summed E-state index contributed by atoms with van der Waals surface area (Å²) in [4.78, 5) is 29.8. The van der Waals surface area contributed by atoms with E-state index in [0.717, 1.165) is 32.5 Å². The molecule has 2 aliphatic heterocycles. The summed E-state index contributed by atoms with van der Waals surface area (Å²) in [5.74, 6) is -0.504. The van der Waals surface area contributed by atoms with Crippen LogP contribution in [0.1, 0.15) is 33.1 Å². The van der Waals surface area contributed by atoms with Gasteiger partial charge in [-0.05, 0) is 31.7 Å². The first kappa shape index (κ1) is 16.1. The molecule has 6 heteroatoms. The molecule has 0 aromatic rings. The molecule has 2 atom stereocenters. The fraction of sp³-hybridized carbons (Fsp3) is 0.867. The number of piperidine rings is 1. The lowest BCUT2D eigenvalue weighted by Crippen LogP contribution is -2.58. The summed E-state index contributed by atoms with van der Waals surface area (Å²) in [5.41, 5.74) is 0. The van der Waals surface area contributed by atoms with Crippen molar-refractivity contribution < 1.29 is 14.7 Å². The molecule has 0 aliphatic carbocycles. The number of carboxylic acid groups (broad SMARTS) is 1. The van der Waals surface area contributed by atoms with E-state index in [1.54, 1.807) is 4.90 Å². The lowest BCUT2D eigenvalue weighted by atomic mass is 9.92. The predicted octanol–water partition coefficient (Wildman–Crippen LogP) is 1.32. The number of amides is 2. The molecule has 2 rings (SSSR count). The van der Waals surface area contributed by atoms with Crippen molar-refractivity contribution in [1.29, 1.82) is 0 Å². The summed E-state index contributed by atoms with van der Waals surface area (Å²) < 4.78 is 0. The van der Waals surface area contributed by atoms with Gasteiger partial charge in [0.2, 0.25) is 0 Å². The third kappa shape index (κ3) is 3.87. The Hall–Kier alpha value is -1.30. The first-order chi connectivity index (χ1) is 10.0. The van der Waals surface area contributed by atoms with Gasteiger partial charge in [-0.1, -0.05) is 13.8 Å². The van der Waals surface area contributed by atoms with Crippen LogP contribution >= 0.6 is 0 Å². The highest BCUT2D eigenvalue weighted by Crippen LogP contribution is 2.24. The van der Waals surface area contributed by atoms with Gasteiger partial charge in [0.25, 0.3) is 0 Å². The minimum Gasteiger partial charge on any atom is -0.480 e. The van der Waals surface area contributed by atoms with Crippen LogP contribution in [0.2, 0.25) is 0 Å². The second-order valence-electron chi connectivity index (χ2n) is 6.29. The first-order valence-electron chi connectivity index (χ1n) is 8.03. The molecule has 2 heterocycles. The zero-order valence-electron chi connectivity index (χ0n) is 13.1. The number of nitrogens with zero attached hydrogens (tertiary/aromatic N) is 3. The van der Waals surface area contributed by atoms with Crippen LogP contribution in [-0.2, 0) is 4.79 Å². The number of aliphatic carboxylic acids is 1. The number of hydrogen-bond acceptors (Lipinski definition) is 3. The summed E-state index contributed by atoms with van der Waals surface area (Å²) in [6.07, 6.45) is 2.58. The van der Waals surface area contributed by atoms with E-state index >= 15 is 0 Å². The SMILES string of the molecule is CCCN1CCN(C(=O)N2CCC(C)CC2C(=O)O)CC1. The van der Waals surface area contributed by atoms with Crippen LogP contribution in [-0.4, -0.2) is 77.1 Å². The van der Waals surface area contributed by atoms with Crippen LogP contribution < -0.4 is 0 Å². The lowest BCUT2D eigenvalue weighted by molar-refractivity contribution is -0.144. The Morgan fingerprint density at radius 1 is 1.14 bits per heavy atom. The number of likely N-dealkylation sites (tertiary alicyclic amines) is 1. The van der Waals surface area contributed by atoms with Gasteiger partial charge in [0.15, 0.2) is 0 Å². The highest BCUT2D eigenvalue weighted by Gasteiger charge is 2.37. The number of carboxylic acids is 1. The van der Waals surface area contributed by atoms with E-state index < -0.39 is 12.0 Å². The van der Waals surface area contributed by atoms with Crippen LogP contribution in [0, 0.1) is 5.92 Å². The Bertz CT molecular complexity index is 380. The van der Waals surface area contributed by atoms with Crippen molar-refractivity contribution in [1.82, 2.24) is 14.7 Å². The average Bonchev–Trinajstić information content (AvgIpc) is 2.47. The number of rotatable bonds is 3. The van der Waals surface area contributed by atoms with Crippen LogP contribution in [0.5, 0.6) is 0 Å². The minimum atomic E-state index is -0.875. The van der Waals surface area contributed by atoms with Crippen LogP contribution in [0.4, 0.5) is 4.79 Å². The summed E-state index contributed by atoms with van der Waals surface area (Å²) in [6, 6.07) is -0.750. The number of carbonyl (C=O) groups excluding carboxylic acids is 1. The van der Waals surface area contributed by atoms with E-state index in [-0.39, 0.29) is 6.03 Å². The molecule has 2 unspecified atom stereocenters. The van der Waals surface area contributed by atoms with Crippen molar-refractivity contribution in [3.63, 3.8) is 0 Å². The molecule has 0 aromatic heterocycles.